The van der Waals surface area contributed by atoms with Crippen LogP contribution in [0.3, 0.4) is 0 Å². The van der Waals surface area contributed by atoms with Crippen molar-refractivity contribution in [1.82, 2.24) is 0 Å². The summed E-state index contributed by atoms with van der Waals surface area (Å²) in [7, 11) is 0. The molecule has 0 saturated carbocycles. The number of esters is 2. The summed E-state index contributed by atoms with van der Waals surface area (Å²) in [6.45, 7) is 2.60. The second-order valence-corrected chi connectivity index (χ2v) is 20.1. The summed E-state index contributed by atoms with van der Waals surface area (Å²) in [5.74, 6) is -0.913. The van der Waals surface area contributed by atoms with Crippen LogP contribution in [0, 0.1) is 0 Å². The van der Waals surface area contributed by atoms with Crippen LogP contribution in [0.1, 0.15) is 232 Å². The fourth-order valence-electron chi connectivity index (χ4n) is 9.08. The topological polar surface area (TPSA) is 231 Å². The molecule has 70 heavy (non-hydrogen) atoms. The van der Waals surface area contributed by atoms with E-state index < -0.39 is 92.7 Å². The van der Waals surface area contributed by atoms with Crippen LogP contribution in [0.4, 0.5) is 0 Å². The number of allylic oxidation sites excluding steroid dienone is 2. The molecule has 2 saturated heterocycles. The Morgan fingerprint density at radius 3 is 1.30 bits per heavy atom. The molecule has 0 aliphatic carbocycles. The summed E-state index contributed by atoms with van der Waals surface area (Å²) in [6.07, 6.45) is 26.6. The number of carbonyl (C=O) groups is 2. The maximum Gasteiger partial charge on any atom is 0.306 e. The highest BCUT2D eigenvalue weighted by molar-refractivity contribution is 5.70. The van der Waals surface area contributed by atoms with E-state index in [4.69, 9.17) is 28.4 Å². The van der Waals surface area contributed by atoms with Crippen LogP contribution >= 0.6 is 0 Å². The van der Waals surface area contributed by atoms with Gasteiger partial charge >= 0.3 is 11.9 Å². The lowest BCUT2D eigenvalue weighted by molar-refractivity contribution is -0.332. The minimum atomic E-state index is -1.76. The average molecular weight is 1000 g/mol. The summed E-state index contributed by atoms with van der Waals surface area (Å²) >= 11 is 0. The summed E-state index contributed by atoms with van der Waals surface area (Å²) in [6, 6.07) is 0. The number of rotatable bonds is 45. The highest BCUT2D eigenvalue weighted by Crippen LogP contribution is 2.27. The first kappa shape index (κ1) is 64.4. The molecular weight excluding hydrogens is 901 g/mol. The number of ether oxygens (including phenoxy) is 6. The molecule has 2 aliphatic heterocycles. The third kappa shape index (κ3) is 29.8. The van der Waals surface area contributed by atoms with Crippen LogP contribution in [-0.2, 0) is 38.0 Å². The Hall–Kier alpha value is -1.76. The van der Waals surface area contributed by atoms with E-state index in [0.717, 1.165) is 44.9 Å². The van der Waals surface area contributed by atoms with Gasteiger partial charge in [0.25, 0.3) is 0 Å². The predicted octanol–water partition coefficient (Wildman–Crippen LogP) is 8.94. The maximum absolute atomic E-state index is 13.0. The molecule has 0 radical (unpaired) electrons. The molecule has 0 amide bonds. The van der Waals surface area contributed by atoms with Crippen molar-refractivity contribution in [1.29, 1.82) is 0 Å². The molecule has 2 aliphatic rings. The van der Waals surface area contributed by atoms with E-state index in [1.807, 2.05) is 0 Å². The second kappa shape index (κ2) is 42.6. The van der Waals surface area contributed by atoms with Gasteiger partial charge in [0.2, 0.25) is 0 Å². The van der Waals surface area contributed by atoms with Crippen molar-refractivity contribution in [3.05, 3.63) is 12.2 Å². The number of hydrogen-bond acceptors (Lipinski definition) is 15. The minimum absolute atomic E-state index is 0.167. The van der Waals surface area contributed by atoms with Gasteiger partial charge in [0.1, 0.15) is 55.4 Å². The summed E-state index contributed by atoms with van der Waals surface area (Å²) in [5, 5.41) is 72.2. The minimum Gasteiger partial charge on any atom is -0.462 e. The molecule has 7 N–H and O–H groups in total. The van der Waals surface area contributed by atoms with Gasteiger partial charge < -0.3 is 64.2 Å². The number of aliphatic hydroxyl groups is 7. The quantitative estimate of drug-likeness (QED) is 0.0172. The van der Waals surface area contributed by atoms with Gasteiger partial charge in [-0.3, -0.25) is 9.59 Å². The van der Waals surface area contributed by atoms with Crippen molar-refractivity contribution in [2.75, 3.05) is 26.4 Å². The van der Waals surface area contributed by atoms with Crippen molar-refractivity contribution in [3.8, 4) is 0 Å². The molecular formula is C55H102O15. The Kier molecular flexibility index (Phi) is 39.1. The van der Waals surface area contributed by atoms with Gasteiger partial charge in [-0.2, -0.15) is 0 Å². The standard InChI is InChI=1S/C55H102O15/c1-3-5-7-9-11-13-15-17-19-20-21-22-24-25-27-29-31-33-35-37-46(57)65-40-43(68-47(58)38-36-34-32-30-28-26-23-18-16-14-12-10-8-6-4-2)41-66-54-53(64)51(62)49(60)45(70-54)42-67-55-52(63)50(61)48(59)44(39-56)69-55/h10,12,43-45,48-56,59-64H,3-9,11,13-42H2,1-2H3/b12-10+/t43-,44+,45+,48-,49-,50?,51?,52?,53?,54+,55+/m0/s1. The summed E-state index contributed by atoms with van der Waals surface area (Å²) in [5.41, 5.74) is 0. The Bertz CT molecular complexity index is 1270. The largest absolute Gasteiger partial charge is 0.462 e. The molecule has 2 heterocycles. The molecule has 0 aromatic carbocycles. The first-order valence-electron chi connectivity index (χ1n) is 28.3. The van der Waals surface area contributed by atoms with E-state index in [0.29, 0.717) is 12.8 Å². The summed E-state index contributed by atoms with van der Waals surface area (Å²) in [4.78, 5) is 25.8. The normalized spacial score (nSPS) is 25.4. The van der Waals surface area contributed by atoms with Gasteiger partial charge in [-0.25, -0.2) is 0 Å². The molecule has 4 unspecified atom stereocenters. The van der Waals surface area contributed by atoms with Crippen LogP contribution in [0.2, 0.25) is 0 Å². The van der Waals surface area contributed by atoms with E-state index in [1.165, 1.54) is 148 Å². The van der Waals surface area contributed by atoms with E-state index >= 15 is 0 Å². The highest BCUT2D eigenvalue weighted by Gasteiger charge is 2.47. The van der Waals surface area contributed by atoms with Crippen molar-refractivity contribution < 1.29 is 73.8 Å². The van der Waals surface area contributed by atoms with Gasteiger partial charge in [-0.15, -0.1) is 0 Å². The fraction of sp³-hybridized carbons (Fsp3) is 0.927. The van der Waals surface area contributed by atoms with Crippen LogP contribution < -0.4 is 0 Å². The third-order valence-corrected chi connectivity index (χ3v) is 13.7. The van der Waals surface area contributed by atoms with Crippen molar-refractivity contribution in [2.45, 2.75) is 300 Å². The smallest absolute Gasteiger partial charge is 0.306 e. The molecule has 0 aromatic rings. The zero-order valence-electron chi connectivity index (χ0n) is 43.8. The lowest BCUT2D eigenvalue weighted by Crippen LogP contribution is -2.61. The molecule has 412 valence electrons. The maximum atomic E-state index is 13.0. The van der Waals surface area contributed by atoms with Gasteiger partial charge in [0, 0.05) is 12.8 Å². The molecule has 15 heteroatoms. The Morgan fingerprint density at radius 1 is 0.443 bits per heavy atom. The highest BCUT2D eigenvalue weighted by atomic mass is 16.7. The van der Waals surface area contributed by atoms with E-state index in [9.17, 15) is 45.3 Å². The Morgan fingerprint density at radius 2 is 0.829 bits per heavy atom. The van der Waals surface area contributed by atoms with Crippen LogP contribution in [0.25, 0.3) is 0 Å². The number of hydrogen-bond donors (Lipinski definition) is 7. The molecule has 11 atom stereocenters. The van der Waals surface area contributed by atoms with Crippen molar-refractivity contribution in [2.24, 2.45) is 0 Å². The molecule has 0 bridgehead atoms. The van der Waals surface area contributed by atoms with Gasteiger partial charge in [0.05, 0.1) is 19.8 Å². The number of unbranched alkanes of at least 4 members (excludes halogenated alkanes) is 29. The van der Waals surface area contributed by atoms with E-state index in [-0.39, 0.29) is 26.1 Å². The Balaban J connectivity index is 1.75. The van der Waals surface area contributed by atoms with Crippen molar-refractivity contribution >= 4 is 11.9 Å². The van der Waals surface area contributed by atoms with Crippen molar-refractivity contribution in [3.63, 3.8) is 0 Å². The van der Waals surface area contributed by atoms with Gasteiger partial charge in [-0.05, 0) is 32.1 Å². The molecule has 0 aromatic heterocycles. The predicted molar refractivity (Wildman–Crippen MR) is 271 cm³/mol. The monoisotopic (exact) mass is 1000 g/mol. The van der Waals surface area contributed by atoms with Gasteiger partial charge in [0.15, 0.2) is 18.7 Å². The second-order valence-electron chi connectivity index (χ2n) is 20.1. The van der Waals surface area contributed by atoms with E-state index in [1.54, 1.807) is 0 Å². The first-order chi connectivity index (χ1) is 34.0. The zero-order chi connectivity index (χ0) is 51.0. The molecule has 0 spiro atoms. The van der Waals surface area contributed by atoms with E-state index in [2.05, 4.69) is 26.0 Å². The van der Waals surface area contributed by atoms with Gasteiger partial charge in [-0.1, -0.05) is 199 Å². The van der Waals surface area contributed by atoms with Crippen LogP contribution in [0.5, 0.6) is 0 Å². The average Bonchev–Trinajstić information content (AvgIpc) is 3.35. The Labute approximate surface area is 422 Å². The first-order valence-corrected chi connectivity index (χ1v) is 28.3. The lowest BCUT2D eigenvalue weighted by atomic mass is 9.98. The number of carbonyl (C=O) groups excluding carboxylic acids is 2. The van der Waals surface area contributed by atoms with Crippen LogP contribution in [0.15, 0.2) is 12.2 Å². The molecule has 15 nitrogen and oxygen atoms in total. The fourth-order valence-corrected chi connectivity index (χ4v) is 9.08. The molecule has 2 rings (SSSR count). The molecule has 2 fully saturated rings. The zero-order valence-corrected chi connectivity index (χ0v) is 43.8. The SMILES string of the molecule is CCCC/C=C/CCCCCCCCCCCC(=O)O[C@@H](COC(=O)CCCCCCCCCCCCCCCCCCCCC)CO[C@@H]1O[C@H](CO[C@@H]2O[C@H](CO)[C@H](O)C(O)C2O)[C@H](O)C(O)C1O. The third-order valence-electron chi connectivity index (χ3n) is 13.7. The number of aliphatic hydroxyl groups excluding tert-OH is 7. The lowest BCUT2D eigenvalue weighted by Gasteiger charge is -2.42. The summed E-state index contributed by atoms with van der Waals surface area (Å²) < 4.78 is 33.7. The van der Waals surface area contributed by atoms with Crippen LogP contribution in [-0.4, -0.2) is 142 Å².